The van der Waals surface area contributed by atoms with Gasteiger partial charge in [-0.15, -0.1) is 11.3 Å². The van der Waals surface area contributed by atoms with Crippen LogP contribution in [0.25, 0.3) is 0 Å². The van der Waals surface area contributed by atoms with Crippen molar-refractivity contribution in [3.63, 3.8) is 0 Å². The van der Waals surface area contributed by atoms with Gasteiger partial charge in [-0.3, -0.25) is 3.53 Å². The molecule has 0 atom stereocenters. The minimum atomic E-state index is 0.597. The predicted octanol–water partition coefficient (Wildman–Crippen LogP) is 3.87. The average molecular weight is 440 g/mol. The van der Waals surface area contributed by atoms with Gasteiger partial charge < -0.3 is 10.6 Å². The number of thiophene rings is 1. The fourth-order valence-electron chi connectivity index (χ4n) is 2.92. The number of aryl methyl sites for hydroxylation is 1. The molecule has 122 valence electrons. The van der Waals surface area contributed by atoms with Crippen molar-refractivity contribution in [2.45, 2.75) is 19.3 Å². The van der Waals surface area contributed by atoms with Crippen LogP contribution in [0.5, 0.6) is 0 Å². The maximum Gasteiger partial charge on any atom is 0.141 e. The van der Waals surface area contributed by atoms with E-state index in [2.05, 4.69) is 54.5 Å². The Labute approximate surface area is 155 Å². The number of anilines is 1. The Morgan fingerprint density at radius 1 is 1.35 bits per heavy atom. The molecule has 0 fully saturated rings. The first-order chi connectivity index (χ1) is 11.3. The quantitative estimate of drug-likeness (QED) is 0.321. The summed E-state index contributed by atoms with van der Waals surface area (Å²) < 4.78 is 3.21. The minimum Gasteiger partial charge on any atom is -0.383 e. The SMILES string of the molecule is NC(=Nc1ccc2c(c1)CCCCN2CCNI)c1cccs1. The number of fused-ring (bicyclic) bond motifs is 1. The number of amidine groups is 1. The van der Waals surface area contributed by atoms with Crippen LogP contribution in [0.4, 0.5) is 11.4 Å². The Balaban J connectivity index is 1.86. The van der Waals surface area contributed by atoms with Crippen LogP contribution in [0.15, 0.2) is 40.7 Å². The predicted molar refractivity (Wildman–Crippen MR) is 108 cm³/mol. The van der Waals surface area contributed by atoms with E-state index in [1.807, 2.05) is 17.5 Å². The standard InChI is InChI=1S/C17H21IN4S/c18-20-8-10-22-9-2-1-4-13-12-14(6-7-15(13)22)21-17(19)16-5-3-11-23-16/h3,5-7,11-12,20H,1-2,4,8-10H2,(H2,19,21). The number of nitrogens with zero attached hydrogens (tertiary/aromatic N) is 2. The highest BCUT2D eigenvalue weighted by atomic mass is 127. The summed E-state index contributed by atoms with van der Waals surface area (Å²) in [4.78, 5) is 8.10. The Morgan fingerprint density at radius 2 is 2.26 bits per heavy atom. The van der Waals surface area contributed by atoms with Crippen molar-refractivity contribution in [1.82, 2.24) is 3.53 Å². The maximum absolute atomic E-state index is 6.11. The van der Waals surface area contributed by atoms with Gasteiger partial charge in [0.1, 0.15) is 5.84 Å². The van der Waals surface area contributed by atoms with Crippen LogP contribution in [0, 0.1) is 0 Å². The molecule has 1 aliphatic rings. The largest absolute Gasteiger partial charge is 0.383 e. The molecule has 0 bridgehead atoms. The summed E-state index contributed by atoms with van der Waals surface area (Å²) in [5, 5.41) is 2.02. The van der Waals surface area contributed by atoms with E-state index >= 15 is 0 Å². The molecule has 4 nitrogen and oxygen atoms in total. The molecule has 0 unspecified atom stereocenters. The van der Waals surface area contributed by atoms with Gasteiger partial charge in [-0.2, -0.15) is 0 Å². The van der Waals surface area contributed by atoms with Gasteiger partial charge in [0.15, 0.2) is 0 Å². The van der Waals surface area contributed by atoms with Crippen LogP contribution in [-0.4, -0.2) is 25.5 Å². The minimum absolute atomic E-state index is 0.597. The lowest BCUT2D eigenvalue weighted by molar-refractivity contribution is 0.710. The van der Waals surface area contributed by atoms with E-state index in [1.54, 1.807) is 11.3 Å². The van der Waals surface area contributed by atoms with Crippen LogP contribution < -0.4 is 14.2 Å². The number of halogens is 1. The topological polar surface area (TPSA) is 53.6 Å². The Kier molecular flexibility index (Phi) is 5.91. The summed E-state index contributed by atoms with van der Waals surface area (Å²) in [7, 11) is 0. The highest BCUT2D eigenvalue weighted by Gasteiger charge is 2.15. The fourth-order valence-corrected chi connectivity index (χ4v) is 3.79. The van der Waals surface area contributed by atoms with Gasteiger partial charge in [0.05, 0.1) is 10.6 Å². The lowest BCUT2D eigenvalue weighted by atomic mass is 10.1. The lowest BCUT2D eigenvalue weighted by Gasteiger charge is -2.24. The number of nitrogens with one attached hydrogen (secondary N) is 1. The Hall–Kier alpha value is -1.12. The smallest absolute Gasteiger partial charge is 0.141 e. The first-order valence-electron chi connectivity index (χ1n) is 7.87. The molecular weight excluding hydrogens is 419 g/mol. The fraction of sp³-hybridized carbons (Fsp3) is 0.353. The van der Waals surface area contributed by atoms with Crippen molar-refractivity contribution >= 4 is 51.4 Å². The molecule has 23 heavy (non-hydrogen) atoms. The highest BCUT2D eigenvalue weighted by Crippen LogP contribution is 2.30. The van der Waals surface area contributed by atoms with Crippen molar-refractivity contribution in [3.8, 4) is 0 Å². The van der Waals surface area contributed by atoms with Crippen LogP contribution in [0.1, 0.15) is 23.3 Å². The second-order valence-electron chi connectivity index (χ2n) is 5.62. The second-order valence-corrected chi connectivity index (χ2v) is 7.33. The molecule has 0 amide bonds. The van der Waals surface area contributed by atoms with E-state index < -0.39 is 0 Å². The molecule has 3 N–H and O–H groups in total. The van der Waals surface area contributed by atoms with Gasteiger partial charge in [-0.25, -0.2) is 4.99 Å². The molecule has 2 aromatic rings. The molecule has 6 heteroatoms. The summed E-state index contributed by atoms with van der Waals surface area (Å²) >= 11 is 3.83. The van der Waals surface area contributed by atoms with E-state index in [0.717, 1.165) is 36.6 Å². The molecule has 3 rings (SSSR count). The summed E-state index contributed by atoms with van der Waals surface area (Å²) in [5.74, 6) is 0.597. The Morgan fingerprint density at radius 3 is 3.04 bits per heavy atom. The third-order valence-corrected chi connectivity index (χ3v) is 5.46. The number of aliphatic imine (C=N–C) groups is 1. The first-order valence-corrected chi connectivity index (χ1v) is 9.83. The van der Waals surface area contributed by atoms with Crippen molar-refractivity contribution in [2.75, 3.05) is 24.5 Å². The van der Waals surface area contributed by atoms with E-state index in [0.29, 0.717) is 5.84 Å². The zero-order valence-corrected chi connectivity index (χ0v) is 15.9. The van der Waals surface area contributed by atoms with Crippen LogP contribution in [-0.2, 0) is 6.42 Å². The summed E-state index contributed by atoms with van der Waals surface area (Å²) in [6.07, 6.45) is 3.59. The monoisotopic (exact) mass is 440 g/mol. The van der Waals surface area contributed by atoms with Gasteiger partial charge in [0, 0.05) is 48.2 Å². The Bertz CT molecular complexity index is 669. The normalized spacial score (nSPS) is 15.3. The number of rotatable bonds is 5. The molecule has 2 heterocycles. The van der Waals surface area contributed by atoms with Gasteiger partial charge in [0.25, 0.3) is 0 Å². The van der Waals surface area contributed by atoms with Crippen molar-refractivity contribution < 1.29 is 0 Å². The van der Waals surface area contributed by atoms with E-state index in [1.165, 1.54) is 24.1 Å². The second kappa shape index (κ2) is 8.12. The number of hydrogen-bond acceptors (Lipinski definition) is 4. The van der Waals surface area contributed by atoms with Crippen LogP contribution in [0.3, 0.4) is 0 Å². The third kappa shape index (κ3) is 4.24. The van der Waals surface area contributed by atoms with E-state index in [-0.39, 0.29) is 0 Å². The summed E-state index contributed by atoms with van der Waals surface area (Å²) in [6.45, 7) is 3.16. The number of nitrogens with two attached hydrogens (primary N) is 1. The van der Waals surface area contributed by atoms with Crippen LogP contribution in [0.2, 0.25) is 0 Å². The van der Waals surface area contributed by atoms with E-state index in [9.17, 15) is 0 Å². The summed E-state index contributed by atoms with van der Waals surface area (Å²) in [5.41, 5.74) is 9.80. The summed E-state index contributed by atoms with van der Waals surface area (Å²) in [6, 6.07) is 10.5. The molecule has 0 saturated carbocycles. The van der Waals surface area contributed by atoms with Crippen molar-refractivity contribution in [2.24, 2.45) is 10.7 Å². The molecule has 0 radical (unpaired) electrons. The average Bonchev–Trinajstić information content (AvgIpc) is 3.02. The molecular formula is C17H21IN4S. The van der Waals surface area contributed by atoms with Gasteiger partial charge in [-0.05, 0) is 54.5 Å². The molecule has 1 aliphatic heterocycles. The third-order valence-electron chi connectivity index (χ3n) is 4.03. The number of benzene rings is 1. The van der Waals surface area contributed by atoms with Crippen LogP contribution >= 0.6 is 34.2 Å². The van der Waals surface area contributed by atoms with E-state index in [4.69, 9.17) is 5.73 Å². The molecule has 0 saturated heterocycles. The molecule has 1 aromatic heterocycles. The maximum atomic E-state index is 6.11. The zero-order valence-electron chi connectivity index (χ0n) is 13.0. The zero-order chi connectivity index (χ0) is 16.1. The van der Waals surface area contributed by atoms with Gasteiger partial charge >= 0.3 is 0 Å². The molecule has 1 aromatic carbocycles. The van der Waals surface area contributed by atoms with Gasteiger partial charge in [0.2, 0.25) is 0 Å². The molecule has 0 spiro atoms. The first kappa shape index (κ1) is 16.7. The number of hydrogen-bond donors (Lipinski definition) is 2. The van der Waals surface area contributed by atoms with Crippen molar-refractivity contribution in [3.05, 3.63) is 46.2 Å². The van der Waals surface area contributed by atoms with Crippen molar-refractivity contribution in [1.29, 1.82) is 0 Å². The highest BCUT2D eigenvalue weighted by molar-refractivity contribution is 14.1. The van der Waals surface area contributed by atoms with Gasteiger partial charge in [-0.1, -0.05) is 6.07 Å². The molecule has 0 aliphatic carbocycles. The lowest BCUT2D eigenvalue weighted by Crippen LogP contribution is -2.30.